The summed E-state index contributed by atoms with van der Waals surface area (Å²) in [4.78, 5) is 28.7. The van der Waals surface area contributed by atoms with Gasteiger partial charge in [0.1, 0.15) is 29.3 Å². The smallest absolute Gasteiger partial charge is 0.335 e. The molecule has 0 aliphatic heterocycles. The van der Waals surface area contributed by atoms with Crippen molar-refractivity contribution >= 4 is 35.1 Å². The highest BCUT2D eigenvalue weighted by Gasteiger charge is 2.24. The normalized spacial score (nSPS) is 11.8. The van der Waals surface area contributed by atoms with Crippen LogP contribution >= 0.6 is 23.2 Å². The van der Waals surface area contributed by atoms with Gasteiger partial charge in [0.2, 0.25) is 5.28 Å². The van der Waals surface area contributed by atoms with Crippen molar-refractivity contribution in [3.8, 4) is 17.6 Å². The number of halogens is 2. The zero-order valence-corrected chi connectivity index (χ0v) is 21.4. The Hall–Kier alpha value is -3.51. The standard InChI is InChI=1S/C26H25Cl2N3O5/c1-16(17-4-6-18(7-5-17)24(33)34)29-23(32)22-21(12-13-26(2,3)35)30-25(28)31(22)14-15-36-20-10-8-19(27)9-11-20/h4-11,16,35H,14-15H2,1-3H3,(H,29,32)(H,33,34)/t16-/m0/s1. The molecule has 36 heavy (non-hydrogen) atoms. The van der Waals surface area contributed by atoms with E-state index in [-0.39, 0.29) is 35.4 Å². The van der Waals surface area contributed by atoms with Gasteiger partial charge in [-0.1, -0.05) is 29.7 Å². The summed E-state index contributed by atoms with van der Waals surface area (Å²) in [5.41, 5.74) is -0.223. The number of carboxylic acid groups (broad SMARTS) is 1. The van der Waals surface area contributed by atoms with Gasteiger partial charge in [-0.05, 0) is 80.3 Å². The third-order valence-electron chi connectivity index (χ3n) is 5.03. The van der Waals surface area contributed by atoms with E-state index in [0.717, 1.165) is 0 Å². The van der Waals surface area contributed by atoms with Gasteiger partial charge in [-0.3, -0.25) is 4.79 Å². The summed E-state index contributed by atoms with van der Waals surface area (Å²) in [5, 5.41) is 22.6. The number of imidazole rings is 1. The molecule has 188 valence electrons. The van der Waals surface area contributed by atoms with Gasteiger partial charge in [0.15, 0.2) is 0 Å². The zero-order chi connectivity index (χ0) is 26.5. The molecule has 1 atom stereocenters. The maximum absolute atomic E-state index is 13.3. The number of carbonyl (C=O) groups is 2. The van der Waals surface area contributed by atoms with Crippen molar-refractivity contribution in [1.29, 1.82) is 0 Å². The molecular weight excluding hydrogens is 505 g/mol. The van der Waals surface area contributed by atoms with Crippen LogP contribution in [0.4, 0.5) is 0 Å². The lowest BCUT2D eigenvalue weighted by Crippen LogP contribution is -2.30. The molecule has 0 aliphatic carbocycles. The van der Waals surface area contributed by atoms with Crippen LogP contribution in [0.15, 0.2) is 48.5 Å². The molecule has 0 bridgehead atoms. The van der Waals surface area contributed by atoms with Crippen molar-refractivity contribution in [1.82, 2.24) is 14.9 Å². The quantitative estimate of drug-likeness (QED) is 0.368. The first kappa shape index (κ1) is 27.1. The van der Waals surface area contributed by atoms with Gasteiger partial charge in [0.05, 0.1) is 18.2 Å². The molecular formula is C26H25Cl2N3O5. The minimum absolute atomic E-state index is 0.0402. The van der Waals surface area contributed by atoms with E-state index >= 15 is 0 Å². The fourth-order valence-corrected chi connectivity index (χ4v) is 3.59. The summed E-state index contributed by atoms with van der Waals surface area (Å²) >= 11 is 12.3. The minimum atomic E-state index is -1.30. The SMILES string of the molecule is C[C@H](NC(=O)c1c(C#CC(C)(C)O)nc(Cl)n1CCOc1ccc(Cl)cc1)c1ccc(C(=O)O)cc1. The van der Waals surface area contributed by atoms with Gasteiger partial charge in [-0.2, -0.15) is 0 Å². The number of carboxylic acids is 1. The first-order valence-electron chi connectivity index (χ1n) is 11.0. The predicted molar refractivity (Wildman–Crippen MR) is 137 cm³/mol. The number of aliphatic hydroxyl groups is 1. The van der Waals surface area contributed by atoms with Crippen LogP contribution in [-0.2, 0) is 6.54 Å². The molecule has 0 fully saturated rings. The zero-order valence-electron chi connectivity index (χ0n) is 19.9. The van der Waals surface area contributed by atoms with Crippen molar-refractivity contribution < 1.29 is 24.5 Å². The molecule has 0 unspecified atom stereocenters. The third-order valence-corrected chi connectivity index (χ3v) is 5.57. The summed E-state index contributed by atoms with van der Waals surface area (Å²) in [6, 6.07) is 12.6. The predicted octanol–water partition coefficient (Wildman–Crippen LogP) is 4.58. The number of hydrogen-bond acceptors (Lipinski definition) is 5. The Bertz CT molecular complexity index is 1300. The van der Waals surface area contributed by atoms with Gasteiger partial charge in [0.25, 0.3) is 5.91 Å². The van der Waals surface area contributed by atoms with Crippen LogP contribution in [0.2, 0.25) is 10.3 Å². The lowest BCUT2D eigenvalue weighted by Gasteiger charge is -2.16. The third kappa shape index (κ3) is 7.25. The number of ether oxygens (including phenoxy) is 1. The molecule has 3 aromatic rings. The lowest BCUT2D eigenvalue weighted by molar-refractivity contribution is 0.0696. The molecule has 0 saturated carbocycles. The Labute approximate surface area is 218 Å². The molecule has 3 rings (SSSR count). The van der Waals surface area contributed by atoms with Crippen LogP contribution in [0.1, 0.15) is 58.9 Å². The molecule has 3 N–H and O–H groups in total. The highest BCUT2D eigenvalue weighted by Crippen LogP contribution is 2.21. The molecule has 1 heterocycles. The number of amides is 1. The first-order valence-corrected chi connectivity index (χ1v) is 11.7. The maximum Gasteiger partial charge on any atom is 0.335 e. The second-order valence-electron chi connectivity index (χ2n) is 8.46. The van der Waals surface area contributed by atoms with Crippen LogP contribution in [0.25, 0.3) is 0 Å². The molecule has 8 nitrogen and oxygen atoms in total. The van der Waals surface area contributed by atoms with E-state index in [9.17, 15) is 14.7 Å². The number of aromatic nitrogens is 2. The van der Waals surface area contributed by atoms with Crippen molar-refractivity contribution in [2.45, 2.75) is 39.0 Å². The fraction of sp³-hybridized carbons (Fsp3) is 0.269. The summed E-state index contributed by atoms with van der Waals surface area (Å²) in [6.07, 6.45) is 0. The van der Waals surface area contributed by atoms with Crippen LogP contribution in [0.5, 0.6) is 5.75 Å². The second kappa shape index (κ2) is 11.5. The largest absolute Gasteiger partial charge is 0.492 e. The molecule has 10 heteroatoms. The first-order chi connectivity index (χ1) is 16.9. The van der Waals surface area contributed by atoms with Crippen LogP contribution in [-0.4, -0.2) is 43.8 Å². The van der Waals surface area contributed by atoms with E-state index in [4.69, 9.17) is 33.0 Å². The van der Waals surface area contributed by atoms with Crippen molar-refractivity contribution in [2.24, 2.45) is 0 Å². The average molecular weight is 530 g/mol. The number of aromatic carboxylic acids is 1. The molecule has 0 spiro atoms. The Morgan fingerprint density at radius 3 is 2.36 bits per heavy atom. The van der Waals surface area contributed by atoms with Gasteiger partial charge in [0, 0.05) is 5.02 Å². The van der Waals surface area contributed by atoms with E-state index in [1.807, 2.05) is 0 Å². The molecule has 0 radical (unpaired) electrons. The Morgan fingerprint density at radius 1 is 1.14 bits per heavy atom. The molecule has 1 amide bonds. The van der Waals surface area contributed by atoms with E-state index in [0.29, 0.717) is 16.3 Å². The monoisotopic (exact) mass is 529 g/mol. The van der Waals surface area contributed by atoms with Gasteiger partial charge >= 0.3 is 5.97 Å². The topological polar surface area (TPSA) is 114 Å². The molecule has 1 aromatic heterocycles. The lowest BCUT2D eigenvalue weighted by atomic mass is 10.1. The van der Waals surface area contributed by atoms with Crippen LogP contribution < -0.4 is 10.1 Å². The number of nitrogens with zero attached hydrogens (tertiary/aromatic N) is 2. The summed E-state index contributed by atoms with van der Waals surface area (Å²) in [7, 11) is 0. The Balaban J connectivity index is 1.85. The van der Waals surface area contributed by atoms with Crippen molar-refractivity contribution in [3.05, 3.63) is 81.4 Å². The number of nitrogens with one attached hydrogen (secondary N) is 1. The molecule has 2 aromatic carbocycles. The number of carbonyl (C=O) groups excluding carboxylic acids is 1. The van der Waals surface area contributed by atoms with Gasteiger partial charge in [-0.25, -0.2) is 9.78 Å². The fourth-order valence-electron chi connectivity index (χ4n) is 3.21. The number of rotatable bonds is 8. The van der Waals surface area contributed by atoms with Crippen molar-refractivity contribution in [3.63, 3.8) is 0 Å². The van der Waals surface area contributed by atoms with Gasteiger partial charge < -0.3 is 24.8 Å². The van der Waals surface area contributed by atoms with E-state index in [1.54, 1.807) is 43.3 Å². The summed E-state index contributed by atoms with van der Waals surface area (Å²) < 4.78 is 7.23. The average Bonchev–Trinajstić information content (AvgIpc) is 3.14. The number of benzene rings is 2. The maximum atomic E-state index is 13.3. The highest BCUT2D eigenvalue weighted by molar-refractivity contribution is 6.30. The minimum Gasteiger partial charge on any atom is -0.492 e. The van der Waals surface area contributed by atoms with Crippen LogP contribution in [0.3, 0.4) is 0 Å². The number of hydrogen-bond donors (Lipinski definition) is 3. The van der Waals surface area contributed by atoms with E-state index in [2.05, 4.69) is 22.1 Å². The Morgan fingerprint density at radius 2 is 1.78 bits per heavy atom. The Kier molecular flexibility index (Phi) is 8.64. The van der Waals surface area contributed by atoms with E-state index < -0.39 is 23.5 Å². The van der Waals surface area contributed by atoms with Crippen LogP contribution in [0, 0.1) is 11.8 Å². The molecule has 0 saturated heterocycles. The van der Waals surface area contributed by atoms with Crippen molar-refractivity contribution in [2.75, 3.05) is 6.61 Å². The summed E-state index contributed by atoms with van der Waals surface area (Å²) in [6.45, 7) is 5.18. The second-order valence-corrected chi connectivity index (χ2v) is 9.24. The highest BCUT2D eigenvalue weighted by atomic mass is 35.5. The summed E-state index contributed by atoms with van der Waals surface area (Å²) in [5.74, 6) is 4.47. The van der Waals surface area contributed by atoms with E-state index in [1.165, 1.54) is 30.5 Å². The van der Waals surface area contributed by atoms with Gasteiger partial charge in [-0.15, -0.1) is 0 Å². The molecule has 0 aliphatic rings.